The van der Waals surface area contributed by atoms with Crippen LogP contribution >= 0.6 is 11.6 Å². The molecule has 3 rings (SSSR count). The molecule has 0 saturated heterocycles. The Labute approximate surface area is 111 Å². The van der Waals surface area contributed by atoms with Gasteiger partial charge in [0.15, 0.2) is 0 Å². The van der Waals surface area contributed by atoms with Gasteiger partial charge in [0.25, 0.3) is 0 Å². The molecule has 0 aliphatic rings. The van der Waals surface area contributed by atoms with Crippen molar-refractivity contribution in [2.45, 2.75) is 0 Å². The van der Waals surface area contributed by atoms with Crippen LogP contribution in [0.5, 0.6) is 0 Å². The number of rotatable bonds is 2. The molecule has 3 aromatic rings. The molecule has 1 N–H and O–H groups in total. The van der Waals surface area contributed by atoms with Gasteiger partial charge in [-0.3, -0.25) is 0 Å². The Bertz CT molecular complexity index is 643. The van der Waals surface area contributed by atoms with E-state index in [9.17, 15) is 0 Å². The predicted molar refractivity (Wildman–Crippen MR) is 74.8 cm³/mol. The van der Waals surface area contributed by atoms with Crippen LogP contribution in [0.15, 0.2) is 54.7 Å². The summed E-state index contributed by atoms with van der Waals surface area (Å²) in [6.07, 6.45) is 2.11. The van der Waals surface area contributed by atoms with Gasteiger partial charge in [-0.15, -0.1) is 0 Å². The van der Waals surface area contributed by atoms with Crippen LogP contribution in [0.1, 0.15) is 0 Å². The zero-order valence-electron chi connectivity index (χ0n) is 8.98. The van der Waals surface area contributed by atoms with Crippen molar-refractivity contribution in [3.05, 3.63) is 59.8 Å². The Morgan fingerprint density at radius 1 is 0.941 bits per heavy atom. The zero-order valence-corrected chi connectivity index (χ0v) is 11.5. The zero-order chi connectivity index (χ0) is 11.7. The second kappa shape index (κ2) is 4.58. The standard InChI is InChI=1S/C14H10ClNSe/c15-10-5-7-11(8-6-10)17-14-9-16-13-4-2-1-3-12(13)14/h1-9,16H. The summed E-state index contributed by atoms with van der Waals surface area (Å²) in [7, 11) is 0. The molecule has 0 bridgehead atoms. The van der Waals surface area contributed by atoms with Crippen LogP contribution < -0.4 is 8.92 Å². The first-order valence-electron chi connectivity index (χ1n) is 5.32. The van der Waals surface area contributed by atoms with Crippen LogP contribution in [-0.2, 0) is 0 Å². The Hall–Kier alpha value is -1.21. The number of benzene rings is 2. The fraction of sp³-hybridized carbons (Fsp3) is 0. The minimum absolute atomic E-state index is 0.324. The van der Waals surface area contributed by atoms with Crippen LogP contribution in [-0.4, -0.2) is 19.9 Å². The Balaban J connectivity index is 1.97. The topological polar surface area (TPSA) is 15.8 Å². The second-order valence-corrected chi connectivity index (χ2v) is 6.53. The van der Waals surface area contributed by atoms with E-state index in [1.807, 2.05) is 12.1 Å². The van der Waals surface area contributed by atoms with E-state index in [0.29, 0.717) is 15.0 Å². The Morgan fingerprint density at radius 3 is 2.53 bits per heavy atom. The predicted octanol–water partition coefficient (Wildman–Crippen LogP) is 2.48. The maximum atomic E-state index is 5.89. The maximum absolute atomic E-state index is 5.89. The number of aromatic nitrogens is 1. The molecule has 3 heteroatoms. The van der Waals surface area contributed by atoms with Crippen LogP contribution in [0.25, 0.3) is 10.9 Å². The van der Waals surface area contributed by atoms with E-state index in [0.717, 1.165) is 5.02 Å². The van der Waals surface area contributed by atoms with Crippen molar-refractivity contribution in [2.75, 3.05) is 0 Å². The molecule has 1 aromatic heterocycles. The van der Waals surface area contributed by atoms with Gasteiger partial charge in [-0.2, -0.15) is 0 Å². The fourth-order valence-electron chi connectivity index (χ4n) is 1.76. The Morgan fingerprint density at radius 2 is 1.71 bits per heavy atom. The van der Waals surface area contributed by atoms with Crippen molar-refractivity contribution in [1.29, 1.82) is 0 Å². The van der Waals surface area contributed by atoms with E-state index in [4.69, 9.17) is 11.6 Å². The summed E-state index contributed by atoms with van der Waals surface area (Å²) in [6.45, 7) is 0. The van der Waals surface area contributed by atoms with Crippen molar-refractivity contribution < 1.29 is 0 Å². The van der Waals surface area contributed by atoms with Gasteiger partial charge in [0, 0.05) is 0 Å². The van der Waals surface area contributed by atoms with E-state index < -0.39 is 0 Å². The summed E-state index contributed by atoms with van der Waals surface area (Å²) in [5.74, 6) is 0. The summed E-state index contributed by atoms with van der Waals surface area (Å²) >= 11 is 6.21. The van der Waals surface area contributed by atoms with E-state index in [1.54, 1.807) is 0 Å². The summed E-state index contributed by atoms with van der Waals surface area (Å²) < 4.78 is 2.72. The van der Waals surface area contributed by atoms with E-state index >= 15 is 0 Å². The SMILES string of the molecule is Clc1ccc([Se]c2c[nH]c3ccccc23)cc1. The van der Waals surface area contributed by atoms with Crippen LogP contribution in [0.3, 0.4) is 0 Å². The van der Waals surface area contributed by atoms with Crippen molar-refractivity contribution >= 4 is 46.4 Å². The van der Waals surface area contributed by atoms with E-state index in [1.165, 1.54) is 19.8 Å². The van der Waals surface area contributed by atoms with E-state index in [-0.39, 0.29) is 0 Å². The molecule has 2 aromatic carbocycles. The molecule has 84 valence electrons. The van der Waals surface area contributed by atoms with E-state index in [2.05, 4.69) is 47.6 Å². The van der Waals surface area contributed by atoms with Crippen molar-refractivity contribution in [2.24, 2.45) is 0 Å². The average Bonchev–Trinajstić information content (AvgIpc) is 2.76. The van der Waals surface area contributed by atoms with Crippen LogP contribution in [0.4, 0.5) is 0 Å². The first kappa shape index (κ1) is 10.9. The number of nitrogens with one attached hydrogen (secondary N) is 1. The molecule has 1 nitrogen and oxygen atoms in total. The number of fused-ring (bicyclic) bond motifs is 1. The third-order valence-corrected chi connectivity index (χ3v) is 5.08. The molecule has 0 atom stereocenters. The molecule has 0 spiro atoms. The number of halogens is 1. The third kappa shape index (κ3) is 2.25. The van der Waals surface area contributed by atoms with Crippen molar-refractivity contribution in [1.82, 2.24) is 4.98 Å². The molecule has 1 heterocycles. The van der Waals surface area contributed by atoms with Gasteiger partial charge in [0.05, 0.1) is 0 Å². The first-order valence-corrected chi connectivity index (χ1v) is 7.41. The van der Waals surface area contributed by atoms with Gasteiger partial charge in [-0.05, 0) is 0 Å². The van der Waals surface area contributed by atoms with Crippen LogP contribution in [0.2, 0.25) is 5.02 Å². The van der Waals surface area contributed by atoms with Gasteiger partial charge >= 0.3 is 111 Å². The van der Waals surface area contributed by atoms with Gasteiger partial charge < -0.3 is 0 Å². The van der Waals surface area contributed by atoms with Gasteiger partial charge in [0.2, 0.25) is 0 Å². The second-order valence-electron chi connectivity index (χ2n) is 3.75. The van der Waals surface area contributed by atoms with Crippen LogP contribution in [0, 0.1) is 0 Å². The summed E-state index contributed by atoms with van der Waals surface area (Å²) in [5, 5.41) is 2.12. The quantitative estimate of drug-likeness (QED) is 0.700. The number of aromatic amines is 1. The first-order chi connectivity index (χ1) is 8.33. The fourth-order valence-corrected chi connectivity index (χ4v) is 3.84. The van der Waals surface area contributed by atoms with Gasteiger partial charge in [-0.1, -0.05) is 0 Å². The molecule has 0 radical (unpaired) electrons. The number of para-hydroxylation sites is 1. The summed E-state index contributed by atoms with van der Waals surface area (Å²) in [5.41, 5.74) is 1.21. The average molecular weight is 307 g/mol. The molecular formula is C14H10ClNSe. The molecular weight excluding hydrogens is 297 g/mol. The monoisotopic (exact) mass is 307 g/mol. The molecule has 0 amide bonds. The van der Waals surface area contributed by atoms with Crippen molar-refractivity contribution in [3.63, 3.8) is 0 Å². The number of hydrogen-bond donors (Lipinski definition) is 1. The Kier molecular flexibility index (Phi) is 2.94. The number of H-pyrrole nitrogens is 1. The molecule has 17 heavy (non-hydrogen) atoms. The summed E-state index contributed by atoms with van der Waals surface area (Å²) in [4.78, 5) is 3.31. The molecule has 0 saturated carbocycles. The summed E-state index contributed by atoms with van der Waals surface area (Å²) in [6, 6.07) is 16.5. The van der Waals surface area contributed by atoms with Crippen molar-refractivity contribution in [3.8, 4) is 0 Å². The molecule has 0 fully saturated rings. The van der Waals surface area contributed by atoms with Gasteiger partial charge in [-0.25, -0.2) is 0 Å². The molecule has 0 aliphatic heterocycles. The minimum atomic E-state index is 0.324. The normalized spacial score (nSPS) is 10.9. The third-order valence-electron chi connectivity index (χ3n) is 2.59. The van der Waals surface area contributed by atoms with Gasteiger partial charge in [0.1, 0.15) is 0 Å². The molecule has 0 unspecified atom stereocenters. The number of hydrogen-bond acceptors (Lipinski definition) is 0. The molecule has 0 aliphatic carbocycles.